The highest BCUT2D eigenvalue weighted by atomic mass is 16.5. The monoisotopic (exact) mass is 371 g/mol. The number of hydrogen-bond acceptors (Lipinski definition) is 5. The molecule has 0 spiro atoms. The molecular formula is C19H41N5O2. The molecule has 0 radical (unpaired) electrons. The van der Waals surface area contributed by atoms with E-state index < -0.39 is 0 Å². The summed E-state index contributed by atoms with van der Waals surface area (Å²) in [5, 5.41) is 6.82. The third kappa shape index (κ3) is 11.0. The van der Waals surface area contributed by atoms with Gasteiger partial charge in [0.1, 0.15) is 0 Å². The molecule has 0 aromatic heterocycles. The average Bonchev–Trinajstić information content (AvgIpc) is 2.65. The van der Waals surface area contributed by atoms with Gasteiger partial charge < -0.3 is 29.9 Å². The van der Waals surface area contributed by atoms with E-state index in [9.17, 15) is 0 Å². The smallest absolute Gasteiger partial charge is 0.191 e. The first-order valence-electron chi connectivity index (χ1n) is 10.1. The molecule has 0 unspecified atom stereocenters. The van der Waals surface area contributed by atoms with Gasteiger partial charge in [-0.25, -0.2) is 0 Å². The molecule has 1 saturated heterocycles. The highest BCUT2D eigenvalue weighted by Crippen LogP contribution is 2.17. The van der Waals surface area contributed by atoms with Crippen LogP contribution in [-0.4, -0.2) is 103 Å². The Kier molecular flexibility index (Phi) is 13.5. The Labute approximate surface area is 160 Å². The summed E-state index contributed by atoms with van der Waals surface area (Å²) >= 11 is 0. The number of methoxy groups -OCH3 is 2. The molecule has 0 bridgehead atoms. The fraction of sp³-hybridized carbons (Fsp3) is 0.947. The largest absolute Gasteiger partial charge is 0.385 e. The van der Waals surface area contributed by atoms with Crippen LogP contribution in [0.15, 0.2) is 4.99 Å². The number of likely N-dealkylation sites (N-methyl/N-ethyl adjacent to an activating group) is 1. The summed E-state index contributed by atoms with van der Waals surface area (Å²) in [5.41, 5.74) is 0. The molecule has 0 amide bonds. The number of aliphatic imine (C=N–C) groups is 1. The van der Waals surface area contributed by atoms with Crippen LogP contribution in [0, 0.1) is 5.92 Å². The van der Waals surface area contributed by atoms with E-state index in [4.69, 9.17) is 14.5 Å². The summed E-state index contributed by atoms with van der Waals surface area (Å²) in [6.45, 7) is 11.9. The summed E-state index contributed by atoms with van der Waals surface area (Å²) in [6.07, 6.45) is 3.54. The predicted molar refractivity (Wildman–Crippen MR) is 109 cm³/mol. The van der Waals surface area contributed by atoms with Crippen LogP contribution in [0.2, 0.25) is 0 Å². The molecule has 7 nitrogen and oxygen atoms in total. The van der Waals surface area contributed by atoms with Crippen LogP contribution >= 0.6 is 0 Å². The Morgan fingerprint density at radius 1 is 1.12 bits per heavy atom. The van der Waals surface area contributed by atoms with Crippen molar-refractivity contribution in [3.63, 3.8) is 0 Å². The van der Waals surface area contributed by atoms with Crippen molar-refractivity contribution >= 4 is 5.96 Å². The Bertz CT molecular complexity index is 360. The maximum atomic E-state index is 5.17. The summed E-state index contributed by atoms with van der Waals surface area (Å²) < 4.78 is 10.3. The quantitative estimate of drug-likeness (QED) is 0.285. The van der Waals surface area contributed by atoms with Crippen molar-refractivity contribution in [2.24, 2.45) is 10.9 Å². The van der Waals surface area contributed by atoms with Gasteiger partial charge in [0.25, 0.3) is 0 Å². The number of likely N-dealkylation sites (tertiary alicyclic amines) is 1. The molecule has 0 aliphatic carbocycles. The standard InChI is InChI=1S/C19H41N5O2/c1-5-20-19(21-9-13-23(2)10-6-15-25-3)22-17-18-7-11-24(12-8-18)14-16-26-4/h18H,5-17H2,1-4H3,(H2,20,21,22). The van der Waals surface area contributed by atoms with Gasteiger partial charge in [0.05, 0.1) is 6.61 Å². The lowest BCUT2D eigenvalue weighted by molar-refractivity contribution is 0.121. The van der Waals surface area contributed by atoms with E-state index in [1.54, 1.807) is 14.2 Å². The number of rotatable bonds is 13. The molecule has 1 aliphatic heterocycles. The summed E-state index contributed by atoms with van der Waals surface area (Å²) in [5.74, 6) is 1.64. The minimum Gasteiger partial charge on any atom is -0.385 e. The minimum atomic E-state index is 0.695. The van der Waals surface area contributed by atoms with Crippen LogP contribution in [0.4, 0.5) is 0 Å². The van der Waals surface area contributed by atoms with Crippen molar-refractivity contribution in [3.05, 3.63) is 0 Å². The second-order valence-corrected chi connectivity index (χ2v) is 7.07. The third-order valence-corrected chi connectivity index (χ3v) is 4.84. The molecule has 2 N–H and O–H groups in total. The molecule has 1 rings (SSSR count). The number of hydrogen-bond donors (Lipinski definition) is 2. The van der Waals surface area contributed by atoms with E-state index in [0.29, 0.717) is 5.92 Å². The van der Waals surface area contributed by atoms with E-state index >= 15 is 0 Å². The van der Waals surface area contributed by atoms with E-state index in [0.717, 1.165) is 64.9 Å². The molecular weight excluding hydrogens is 330 g/mol. The van der Waals surface area contributed by atoms with Gasteiger partial charge in [-0.15, -0.1) is 0 Å². The van der Waals surface area contributed by atoms with Crippen LogP contribution in [0.1, 0.15) is 26.2 Å². The van der Waals surface area contributed by atoms with Crippen molar-refractivity contribution in [2.75, 3.05) is 86.8 Å². The molecule has 7 heteroatoms. The zero-order valence-electron chi connectivity index (χ0n) is 17.4. The van der Waals surface area contributed by atoms with Gasteiger partial charge in [0.2, 0.25) is 0 Å². The van der Waals surface area contributed by atoms with E-state index in [2.05, 4.69) is 34.4 Å². The maximum Gasteiger partial charge on any atom is 0.191 e. The van der Waals surface area contributed by atoms with E-state index in [-0.39, 0.29) is 0 Å². The Hall–Kier alpha value is -0.890. The molecule has 0 aromatic rings. The number of guanidine groups is 1. The highest BCUT2D eigenvalue weighted by Gasteiger charge is 2.18. The SMILES string of the molecule is CCNC(=NCC1CCN(CCOC)CC1)NCCN(C)CCCOC. The zero-order valence-corrected chi connectivity index (χ0v) is 17.4. The lowest BCUT2D eigenvalue weighted by Crippen LogP contribution is -2.42. The minimum absolute atomic E-state index is 0.695. The number of piperidine rings is 1. The van der Waals surface area contributed by atoms with Crippen LogP contribution in [-0.2, 0) is 9.47 Å². The number of ether oxygens (including phenoxy) is 2. The molecule has 0 aromatic carbocycles. The fourth-order valence-electron chi connectivity index (χ4n) is 3.13. The van der Waals surface area contributed by atoms with Crippen molar-refractivity contribution in [1.29, 1.82) is 0 Å². The third-order valence-electron chi connectivity index (χ3n) is 4.84. The molecule has 1 heterocycles. The first-order valence-corrected chi connectivity index (χ1v) is 10.1. The van der Waals surface area contributed by atoms with Gasteiger partial charge in [-0.2, -0.15) is 0 Å². The summed E-state index contributed by atoms with van der Waals surface area (Å²) in [4.78, 5) is 9.63. The Balaban J connectivity index is 2.24. The lowest BCUT2D eigenvalue weighted by Gasteiger charge is -2.31. The second kappa shape index (κ2) is 15.2. The first-order chi connectivity index (χ1) is 12.7. The van der Waals surface area contributed by atoms with Gasteiger partial charge in [-0.1, -0.05) is 0 Å². The topological polar surface area (TPSA) is 61.4 Å². The fourth-order valence-corrected chi connectivity index (χ4v) is 3.13. The van der Waals surface area contributed by atoms with E-state index in [1.165, 1.54) is 25.9 Å². The van der Waals surface area contributed by atoms with Crippen molar-refractivity contribution in [1.82, 2.24) is 20.4 Å². The van der Waals surface area contributed by atoms with Gasteiger partial charge in [0, 0.05) is 60.1 Å². The average molecular weight is 372 g/mol. The van der Waals surface area contributed by atoms with E-state index in [1.807, 2.05) is 0 Å². The van der Waals surface area contributed by atoms with Crippen molar-refractivity contribution in [2.45, 2.75) is 26.2 Å². The van der Waals surface area contributed by atoms with Crippen LogP contribution in [0.25, 0.3) is 0 Å². The number of nitrogens with zero attached hydrogens (tertiary/aromatic N) is 3. The maximum absolute atomic E-state index is 5.17. The van der Waals surface area contributed by atoms with Gasteiger partial charge in [0.15, 0.2) is 5.96 Å². The molecule has 0 atom stereocenters. The first kappa shape index (κ1) is 23.1. The van der Waals surface area contributed by atoms with Gasteiger partial charge >= 0.3 is 0 Å². The van der Waals surface area contributed by atoms with Crippen molar-refractivity contribution in [3.8, 4) is 0 Å². The van der Waals surface area contributed by atoms with Crippen LogP contribution in [0.5, 0.6) is 0 Å². The van der Waals surface area contributed by atoms with Gasteiger partial charge in [-0.05, 0) is 52.2 Å². The van der Waals surface area contributed by atoms with Crippen LogP contribution in [0.3, 0.4) is 0 Å². The Morgan fingerprint density at radius 3 is 2.50 bits per heavy atom. The zero-order chi connectivity index (χ0) is 19.0. The lowest BCUT2D eigenvalue weighted by atomic mass is 9.97. The molecule has 0 saturated carbocycles. The number of nitrogens with one attached hydrogen (secondary N) is 2. The molecule has 1 fully saturated rings. The summed E-state index contributed by atoms with van der Waals surface area (Å²) in [6, 6.07) is 0. The molecule has 26 heavy (non-hydrogen) atoms. The molecule has 1 aliphatic rings. The summed E-state index contributed by atoms with van der Waals surface area (Å²) in [7, 11) is 5.68. The van der Waals surface area contributed by atoms with Crippen molar-refractivity contribution < 1.29 is 9.47 Å². The predicted octanol–water partition coefficient (Wildman–Crippen LogP) is 0.868. The molecule has 154 valence electrons. The van der Waals surface area contributed by atoms with Crippen LogP contribution < -0.4 is 10.6 Å². The normalized spacial score (nSPS) is 17.0. The Morgan fingerprint density at radius 2 is 1.85 bits per heavy atom. The second-order valence-electron chi connectivity index (χ2n) is 7.07. The van der Waals surface area contributed by atoms with Gasteiger partial charge in [-0.3, -0.25) is 4.99 Å². The highest BCUT2D eigenvalue weighted by molar-refractivity contribution is 5.79.